The number of hydrogen-bond donors (Lipinski definition) is 3. The number of rotatable bonds is 5. The number of carbonyl (C=O) groups is 1. The largest absolute Gasteiger partial charge is 0.349 e. The van der Waals surface area contributed by atoms with E-state index >= 15 is 0 Å². The molecule has 0 aliphatic heterocycles. The molecule has 1 aromatic rings. The third kappa shape index (κ3) is 4.94. The van der Waals surface area contributed by atoms with Crippen LogP contribution in [0.1, 0.15) is 41.6 Å². The molecule has 0 bridgehead atoms. The molecule has 0 saturated heterocycles. The van der Waals surface area contributed by atoms with Crippen LogP contribution in [0.15, 0.2) is 18.2 Å². The average molecular weight is 339 g/mol. The van der Waals surface area contributed by atoms with Crippen molar-refractivity contribution < 1.29 is 13.2 Å². The number of anilines is 1. The summed E-state index contributed by atoms with van der Waals surface area (Å²) in [5.74, 6) is 0.124. The van der Waals surface area contributed by atoms with Gasteiger partial charge in [-0.3, -0.25) is 9.52 Å². The minimum atomic E-state index is -3.38. The number of amides is 1. The summed E-state index contributed by atoms with van der Waals surface area (Å²) < 4.78 is 25.3. The Kier molecular flexibility index (Phi) is 5.64. The van der Waals surface area contributed by atoms with Crippen molar-refractivity contribution in [3.05, 3.63) is 29.3 Å². The van der Waals surface area contributed by atoms with Gasteiger partial charge >= 0.3 is 0 Å². The van der Waals surface area contributed by atoms with E-state index in [0.717, 1.165) is 37.5 Å². The van der Waals surface area contributed by atoms with E-state index in [-0.39, 0.29) is 11.9 Å². The van der Waals surface area contributed by atoms with Crippen LogP contribution >= 0.6 is 0 Å². The van der Waals surface area contributed by atoms with Crippen molar-refractivity contribution >= 4 is 21.6 Å². The smallest absolute Gasteiger partial charge is 0.251 e. The van der Waals surface area contributed by atoms with Crippen molar-refractivity contribution in [3.8, 4) is 0 Å². The molecule has 128 valence electrons. The lowest BCUT2D eigenvalue weighted by atomic mass is 9.84. The molecule has 2 atom stereocenters. The van der Waals surface area contributed by atoms with Crippen LogP contribution in [0, 0.1) is 12.8 Å². The van der Waals surface area contributed by atoms with Crippen LogP contribution in [0.25, 0.3) is 0 Å². The lowest BCUT2D eigenvalue weighted by Gasteiger charge is -2.31. The van der Waals surface area contributed by atoms with Gasteiger partial charge < -0.3 is 11.1 Å². The zero-order chi connectivity index (χ0) is 17.0. The van der Waals surface area contributed by atoms with Gasteiger partial charge in [0.2, 0.25) is 10.0 Å². The molecule has 1 aliphatic carbocycles. The molecule has 0 radical (unpaired) electrons. The van der Waals surface area contributed by atoms with Gasteiger partial charge in [-0.05, 0) is 49.9 Å². The zero-order valence-corrected chi connectivity index (χ0v) is 14.4. The molecule has 2 rings (SSSR count). The number of hydrogen-bond acceptors (Lipinski definition) is 4. The third-order valence-corrected chi connectivity index (χ3v) is 4.91. The number of sulfonamides is 1. The highest BCUT2D eigenvalue weighted by Crippen LogP contribution is 2.24. The van der Waals surface area contributed by atoms with E-state index in [4.69, 9.17) is 5.73 Å². The maximum atomic E-state index is 12.5. The van der Waals surface area contributed by atoms with Crippen molar-refractivity contribution in [2.24, 2.45) is 11.7 Å². The Hall–Kier alpha value is -1.60. The average Bonchev–Trinajstić information content (AvgIpc) is 2.48. The summed E-state index contributed by atoms with van der Waals surface area (Å²) in [5.41, 5.74) is 7.44. The zero-order valence-electron chi connectivity index (χ0n) is 13.6. The fourth-order valence-electron chi connectivity index (χ4n) is 3.00. The normalized spacial score (nSPS) is 21.7. The summed E-state index contributed by atoms with van der Waals surface area (Å²) in [5, 5.41) is 3.05. The van der Waals surface area contributed by atoms with E-state index in [0.29, 0.717) is 23.7 Å². The van der Waals surface area contributed by atoms with Gasteiger partial charge in [0.25, 0.3) is 5.91 Å². The summed E-state index contributed by atoms with van der Waals surface area (Å²) >= 11 is 0. The number of nitrogens with two attached hydrogens (primary N) is 1. The Bertz CT molecular complexity index is 673. The first kappa shape index (κ1) is 17.7. The van der Waals surface area contributed by atoms with Crippen LogP contribution in [0.4, 0.5) is 5.69 Å². The number of carbonyl (C=O) groups excluding carboxylic acids is 1. The summed E-state index contributed by atoms with van der Waals surface area (Å²) in [7, 11) is -3.38. The van der Waals surface area contributed by atoms with Gasteiger partial charge in [0, 0.05) is 11.6 Å². The molecule has 1 aliphatic rings. The van der Waals surface area contributed by atoms with Gasteiger partial charge in [-0.15, -0.1) is 0 Å². The molecule has 6 nitrogen and oxygen atoms in total. The molecular weight excluding hydrogens is 314 g/mol. The number of aryl methyl sites for hydroxylation is 1. The van der Waals surface area contributed by atoms with Gasteiger partial charge in [0.05, 0.1) is 11.9 Å². The lowest BCUT2D eigenvalue weighted by Crippen LogP contribution is -2.44. The van der Waals surface area contributed by atoms with Crippen LogP contribution in [0.3, 0.4) is 0 Å². The maximum Gasteiger partial charge on any atom is 0.251 e. The Morgan fingerprint density at radius 1 is 1.30 bits per heavy atom. The quantitative estimate of drug-likeness (QED) is 0.758. The summed E-state index contributed by atoms with van der Waals surface area (Å²) in [6.07, 6.45) is 5.31. The predicted molar refractivity (Wildman–Crippen MR) is 91.9 cm³/mol. The molecule has 0 aromatic heterocycles. The Labute approximate surface area is 137 Å². The summed E-state index contributed by atoms with van der Waals surface area (Å²) in [4.78, 5) is 12.5. The van der Waals surface area contributed by atoms with Crippen LogP contribution in [-0.2, 0) is 10.0 Å². The monoisotopic (exact) mass is 339 g/mol. The van der Waals surface area contributed by atoms with E-state index in [1.165, 1.54) is 0 Å². The Balaban J connectivity index is 2.14. The molecule has 1 fully saturated rings. The topological polar surface area (TPSA) is 101 Å². The van der Waals surface area contributed by atoms with Crippen LogP contribution < -0.4 is 15.8 Å². The standard InChI is InChI=1S/C16H25N3O3S/c1-11-7-8-12(9-15(11)19-23(2,21)22)16(20)18-14-6-4-3-5-13(14)10-17/h7-9,13-14,19H,3-6,10,17H2,1-2H3,(H,18,20). The molecule has 7 heteroatoms. The van der Waals surface area contributed by atoms with Crippen LogP contribution in [-0.4, -0.2) is 33.2 Å². The SMILES string of the molecule is Cc1ccc(C(=O)NC2CCCCC2CN)cc1NS(C)(=O)=O. The maximum absolute atomic E-state index is 12.5. The van der Waals surface area contributed by atoms with Gasteiger partial charge in [-0.25, -0.2) is 8.42 Å². The first-order valence-corrected chi connectivity index (χ1v) is 9.78. The van der Waals surface area contributed by atoms with Crippen LogP contribution in [0.5, 0.6) is 0 Å². The van der Waals surface area contributed by atoms with E-state index in [1.54, 1.807) is 25.1 Å². The van der Waals surface area contributed by atoms with Crippen molar-refractivity contribution in [2.45, 2.75) is 38.6 Å². The van der Waals surface area contributed by atoms with Gasteiger partial charge in [-0.1, -0.05) is 18.9 Å². The van der Waals surface area contributed by atoms with Gasteiger partial charge in [0.1, 0.15) is 0 Å². The summed E-state index contributed by atoms with van der Waals surface area (Å²) in [6, 6.07) is 5.11. The second-order valence-electron chi connectivity index (χ2n) is 6.26. The highest BCUT2D eigenvalue weighted by atomic mass is 32.2. The summed E-state index contributed by atoms with van der Waals surface area (Å²) in [6.45, 7) is 2.36. The fourth-order valence-corrected chi connectivity index (χ4v) is 3.62. The second-order valence-corrected chi connectivity index (χ2v) is 8.01. The second kappa shape index (κ2) is 7.31. The molecule has 2 unspecified atom stereocenters. The van der Waals surface area contributed by atoms with Crippen molar-refractivity contribution in [3.63, 3.8) is 0 Å². The highest BCUT2D eigenvalue weighted by molar-refractivity contribution is 7.92. The molecule has 4 N–H and O–H groups in total. The van der Waals surface area contributed by atoms with E-state index < -0.39 is 10.0 Å². The molecule has 23 heavy (non-hydrogen) atoms. The minimum Gasteiger partial charge on any atom is -0.349 e. The lowest BCUT2D eigenvalue weighted by molar-refractivity contribution is 0.0908. The van der Waals surface area contributed by atoms with E-state index in [2.05, 4.69) is 10.0 Å². The van der Waals surface area contributed by atoms with E-state index in [9.17, 15) is 13.2 Å². The Morgan fingerprint density at radius 2 is 2.00 bits per heavy atom. The molecule has 1 aromatic carbocycles. The van der Waals surface area contributed by atoms with Crippen LogP contribution in [0.2, 0.25) is 0 Å². The predicted octanol–water partition coefficient (Wildman–Crippen LogP) is 1.61. The van der Waals surface area contributed by atoms with E-state index in [1.807, 2.05) is 0 Å². The van der Waals surface area contributed by atoms with Crippen molar-refractivity contribution in [2.75, 3.05) is 17.5 Å². The number of nitrogens with one attached hydrogen (secondary N) is 2. The fraction of sp³-hybridized carbons (Fsp3) is 0.562. The first-order chi connectivity index (χ1) is 10.8. The van der Waals surface area contributed by atoms with Gasteiger partial charge in [0.15, 0.2) is 0 Å². The molecule has 1 amide bonds. The minimum absolute atomic E-state index is 0.0915. The Morgan fingerprint density at radius 3 is 2.65 bits per heavy atom. The van der Waals surface area contributed by atoms with Crippen molar-refractivity contribution in [1.29, 1.82) is 0 Å². The number of benzene rings is 1. The van der Waals surface area contributed by atoms with Crippen molar-refractivity contribution in [1.82, 2.24) is 5.32 Å². The van der Waals surface area contributed by atoms with Gasteiger partial charge in [-0.2, -0.15) is 0 Å². The highest BCUT2D eigenvalue weighted by Gasteiger charge is 2.25. The molecule has 0 spiro atoms. The third-order valence-electron chi connectivity index (χ3n) is 4.32. The molecular formula is C16H25N3O3S. The molecule has 1 saturated carbocycles. The first-order valence-electron chi connectivity index (χ1n) is 7.89. The molecule has 0 heterocycles.